The molecule has 0 aromatic carbocycles. The average molecular weight is 117 g/mol. The van der Waals surface area contributed by atoms with Gasteiger partial charge in [0.05, 0.1) is 0 Å². The first-order valence-electron chi connectivity index (χ1n) is 1.68. The van der Waals surface area contributed by atoms with Gasteiger partial charge in [0.2, 0.25) is 0 Å². The van der Waals surface area contributed by atoms with Gasteiger partial charge in [-0.15, -0.1) is 4.89 Å². The topological polar surface area (TPSA) is 21.3 Å². The van der Waals surface area contributed by atoms with Gasteiger partial charge in [0.25, 0.3) is 0 Å². The van der Waals surface area contributed by atoms with E-state index in [0.717, 1.165) is 0 Å². The van der Waals surface area contributed by atoms with E-state index in [1.807, 2.05) is 0 Å². The Hall–Kier alpha value is -0.410. The Labute approximate surface area is 48.4 Å². The summed E-state index contributed by atoms with van der Waals surface area (Å²) in [7, 11) is 0. The molecule has 0 bridgehead atoms. The van der Waals surface area contributed by atoms with Crippen molar-refractivity contribution in [2.45, 2.75) is 0 Å². The standard InChI is InChI=1S/C4H7NOS/c1-3-4(2)6-5-7/h3,5,7H,1-2H2. The molecule has 0 heterocycles. The van der Waals surface area contributed by atoms with Crippen LogP contribution in [0.15, 0.2) is 25.0 Å². The second-order valence-corrected chi connectivity index (χ2v) is 1.05. The second kappa shape index (κ2) is 3.77. The van der Waals surface area contributed by atoms with Crippen LogP contribution in [0, 0.1) is 0 Å². The molecule has 0 radical (unpaired) electrons. The highest BCUT2D eigenvalue weighted by Gasteiger charge is 1.78. The molecule has 1 N–H and O–H groups in total. The van der Waals surface area contributed by atoms with Crippen molar-refractivity contribution < 1.29 is 4.84 Å². The van der Waals surface area contributed by atoms with Crippen molar-refractivity contribution in [2.75, 3.05) is 0 Å². The van der Waals surface area contributed by atoms with Gasteiger partial charge in [0.1, 0.15) is 5.76 Å². The number of allylic oxidation sites excluding steroid dienone is 1. The van der Waals surface area contributed by atoms with Crippen LogP contribution in [0.4, 0.5) is 0 Å². The van der Waals surface area contributed by atoms with Gasteiger partial charge in [-0.05, 0) is 6.08 Å². The Bertz CT molecular complexity index is 81.8. The Morgan fingerprint density at radius 3 is 2.57 bits per heavy atom. The molecule has 0 unspecified atom stereocenters. The van der Waals surface area contributed by atoms with Gasteiger partial charge in [-0.25, -0.2) is 0 Å². The Morgan fingerprint density at radius 1 is 1.86 bits per heavy atom. The zero-order chi connectivity index (χ0) is 5.70. The Morgan fingerprint density at radius 2 is 2.43 bits per heavy atom. The van der Waals surface area contributed by atoms with Crippen LogP contribution in [0.2, 0.25) is 0 Å². The first kappa shape index (κ1) is 6.59. The number of thiol groups is 1. The molecule has 0 rings (SSSR count). The summed E-state index contributed by atoms with van der Waals surface area (Å²) in [5.74, 6) is 0.454. The normalized spacial score (nSPS) is 7.57. The summed E-state index contributed by atoms with van der Waals surface area (Å²) >= 11 is 3.53. The summed E-state index contributed by atoms with van der Waals surface area (Å²) in [4.78, 5) is 6.63. The third-order valence-electron chi connectivity index (χ3n) is 0.404. The summed E-state index contributed by atoms with van der Waals surface area (Å²) in [5, 5.41) is 0. The number of hydrogen-bond donors (Lipinski definition) is 2. The van der Waals surface area contributed by atoms with E-state index in [2.05, 4.69) is 35.7 Å². The first-order chi connectivity index (χ1) is 3.31. The second-order valence-electron chi connectivity index (χ2n) is 0.864. The molecule has 0 saturated carbocycles. The third kappa shape index (κ3) is 3.42. The summed E-state index contributed by atoms with van der Waals surface area (Å²) in [6.45, 7) is 6.79. The lowest BCUT2D eigenvalue weighted by atomic mass is 10.6. The van der Waals surface area contributed by atoms with Crippen molar-refractivity contribution >= 4 is 12.8 Å². The van der Waals surface area contributed by atoms with Gasteiger partial charge in [0.15, 0.2) is 0 Å². The lowest BCUT2D eigenvalue weighted by Crippen LogP contribution is -1.96. The van der Waals surface area contributed by atoms with Gasteiger partial charge < -0.3 is 4.84 Å². The van der Waals surface area contributed by atoms with E-state index >= 15 is 0 Å². The summed E-state index contributed by atoms with van der Waals surface area (Å²) < 4.78 is 0. The van der Waals surface area contributed by atoms with Crippen molar-refractivity contribution in [1.29, 1.82) is 0 Å². The van der Waals surface area contributed by atoms with Crippen molar-refractivity contribution in [3.05, 3.63) is 25.0 Å². The monoisotopic (exact) mass is 117 g/mol. The number of rotatable bonds is 3. The van der Waals surface area contributed by atoms with Crippen LogP contribution in [-0.4, -0.2) is 0 Å². The minimum Gasteiger partial charge on any atom is -0.399 e. The third-order valence-corrected chi connectivity index (χ3v) is 0.496. The molecule has 0 spiro atoms. The maximum Gasteiger partial charge on any atom is 0.140 e. The van der Waals surface area contributed by atoms with Gasteiger partial charge in [-0.2, -0.15) is 0 Å². The summed E-state index contributed by atoms with van der Waals surface area (Å²) in [6, 6.07) is 0. The molecule has 0 aliphatic heterocycles. The Balaban J connectivity index is 3.17. The lowest BCUT2D eigenvalue weighted by molar-refractivity contribution is 0.193. The van der Waals surface area contributed by atoms with Crippen molar-refractivity contribution in [1.82, 2.24) is 4.89 Å². The van der Waals surface area contributed by atoms with Crippen molar-refractivity contribution in [2.24, 2.45) is 0 Å². The van der Waals surface area contributed by atoms with Crippen molar-refractivity contribution in [3.8, 4) is 0 Å². The molecule has 7 heavy (non-hydrogen) atoms. The highest BCUT2D eigenvalue weighted by molar-refractivity contribution is 7.77. The average Bonchev–Trinajstić information content (AvgIpc) is 1.68. The van der Waals surface area contributed by atoms with Gasteiger partial charge in [0, 0.05) is 0 Å². The van der Waals surface area contributed by atoms with Crippen LogP contribution < -0.4 is 4.89 Å². The van der Waals surface area contributed by atoms with Gasteiger partial charge in [-0.1, -0.05) is 26.0 Å². The van der Waals surface area contributed by atoms with E-state index in [0.29, 0.717) is 5.76 Å². The molecule has 40 valence electrons. The molecule has 0 amide bonds. The molecule has 0 fully saturated rings. The Kier molecular flexibility index (Phi) is 3.55. The first-order valence-corrected chi connectivity index (χ1v) is 2.13. The minimum atomic E-state index is 0.454. The van der Waals surface area contributed by atoms with E-state index in [1.165, 1.54) is 6.08 Å². The smallest absolute Gasteiger partial charge is 0.140 e. The quantitative estimate of drug-likeness (QED) is 0.249. The van der Waals surface area contributed by atoms with E-state index in [1.54, 1.807) is 0 Å². The van der Waals surface area contributed by atoms with E-state index in [-0.39, 0.29) is 0 Å². The van der Waals surface area contributed by atoms with Crippen LogP contribution in [0.5, 0.6) is 0 Å². The SMILES string of the molecule is C=CC(=C)ONS. The van der Waals surface area contributed by atoms with E-state index in [4.69, 9.17) is 0 Å². The van der Waals surface area contributed by atoms with Gasteiger partial charge >= 0.3 is 0 Å². The fraction of sp³-hybridized carbons (Fsp3) is 0. The minimum absolute atomic E-state index is 0.454. The molecule has 0 aromatic rings. The fourth-order valence-corrected chi connectivity index (χ4v) is 0.218. The molecule has 3 heteroatoms. The molecular formula is C4H7NOS. The van der Waals surface area contributed by atoms with Crippen LogP contribution >= 0.6 is 12.8 Å². The molecule has 0 aromatic heterocycles. The maximum absolute atomic E-state index is 4.49. The molecule has 0 saturated heterocycles. The number of hydrogen-bond acceptors (Lipinski definition) is 3. The molecule has 0 aliphatic rings. The van der Waals surface area contributed by atoms with Crippen LogP contribution in [0.25, 0.3) is 0 Å². The molecule has 0 atom stereocenters. The number of nitrogens with one attached hydrogen (secondary N) is 1. The zero-order valence-corrected chi connectivity index (χ0v) is 4.74. The zero-order valence-electron chi connectivity index (χ0n) is 3.85. The van der Waals surface area contributed by atoms with Crippen LogP contribution in [0.1, 0.15) is 0 Å². The maximum atomic E-state index is 4.49. The molecular weight excluding hydrogens is 110 g/mol. The highest BCUT2D eigenvalue weighted by Crippen LogP contribution is 1.88. The van der Waals surface area contributed by atoms with E-state index < -0.39 is 0 Å². The molecule has 2 nitrogen and oxygen atoms in total. The largest absolute Gasteiger partial charge is 0.399 e. The predicted octanol–water partition coefficient (Wildman–Crippen LogP) is 1.05. The molecule has 0 aliphatic carbocycles. The lowest BCUT2D eigenvalue weighted by Gasteiger charge is -1.96. The summed E-state index contributed by atoms with van der Waals surface area (Å²) in [5.41, 5.74) is 0. The summed E-state index contributed by atoms with van der Waals surface area (Å²) in [6.07, 6.45) is 1.48. The van der Waals surface area contributed by atoms with Crippen LogP contribution in [0.3, 0.4) is 0 Å². The predicted molar refractivity (Wildman–Crippen MR) is 32.5 cm³/mol. The van der Waals surface area contributed by atoms with Crippen molar-refractivity contribution in [3.63, 3.8) is 0 Å². The van der Waals surface area contributed by atoms with E-state index in [9.17, 15) is 0 Å². The van der Waals surface area contributed by atoms with Crippen LogP contribution in [-0.2, 0) is 4.84 Å². The highest BCUT2D eigenvalue weighted by atomic mass is 32.1. The fourth-order valence-electron chi connectivity index (χ4n) is 0.100. The van der Waals surface area contributed by atoms with Gasteiger partial charge in [-0.3, -0.25) is 0 Å².